The van der Waals surface area contributed by atoms with E-state index in [4.69, 9.17) is 4.74 Å². The van der Waals surface area contributed by atoms with Crippen LogP contribution >= 0.6 is 0 Å². The highest BCUT2D eigenvalue weighted by Crippen LogP contribution is 2.18. The van der Waals surface area contributed by atoms with Crippen molar-refractivity contribution >= 4 is 11.9 Å². The fourth-order valence-electron chi connectivity index (χ4n) is 3.04. The molecule has 3 rings (SSSR count). The summed E-state index contributed by atoms with van der Waals surface area (Å²) in [6.07, 6.45) is 2.65. The molecule has 1 fully saturated rings. The highest BCUT2D eigenvalue weighted by Gasteiger charge is 2.16. The number of nitrogens with one attached hydrogen (secondary N) is 1. The molecule has 1 amide bonds. The van der Waals surface area contributed by atoms with Crippen molar-refractivity contribution in [1.82, 2.24) is 15.3 Å². The number of rotatable bonds is 6. The summed E-state index contributed by atoms with van der Waals surface area (Å²) in [5.41, 5.74) is 2.63. The molecule has 1 aromatic heterocycles. The van der Waals surface area contributed by atoms with Gasteiger partial charge in [0, 0.05) is 24.3 Å². The molecule has 25 heavy (non-hydrogen) atoms. The monoisotopic (exact) mass is 340 g/mol. The standard InChI is InChI=1S/C19H24N4O2/c1-14-11-16(22-19(21-14)23-9-5-6-10-23)13-20-18(24)12-15-7-3-4-8-17(15)25-2/h3-4,7-8,11H,5-6,9-10,12-13H2,1-2H3,(H,20,24). The number of aromatic nitrogens is 2. The van der Waals surface area contributed by atoms with E-state index >= 15 is 0 Å². The van der Waals surface area contributed by atoms with Gasteiger partial charge in [-0.15, -0.1) is 0 Å². The molecular formula is C19H24N4O2. The van der Waals surface area contributed by atoms with Gasteiger partial charge in [0.05, 0.1) is 25.8 Å². The first-order chi connectivity index (χ1) is 12.2. The summed E-state index contributed by atoms with van der Waals surface area (Å²) in [6.45, 7) is 4.37. The third-order valence-corrected chi connectivity index (χ3v) is 4.29. The number of anilines is 1. The highest BCUT2D eigenvalue weighted by molar-refractivity contribution is 5.79. The van der Waals surface area contributed by atoms with Gasteiger partial charge in [-0.2, -0.15) is 0 Å². The van der Waals surface area contributed by atoms with E-state index in [0.29, 0.717) is 6.54 Å². The number of hydrogen-bond acceptors (Lipinski definition) is 5. The Morgan fingerprint density at radius 1 is 1.24 bits per heavy atom. The fourth-order valence-corrected chi connectivity index (χ4v) is 3.04. The molecule has 2 heterocycles. The lowest BCUT2D eigenvalue weighted by Crippen LogP contribution is -2.26. The molecule has 2 aromatic rings. The van der Waals surface area contributed by atoms with E-state index in [-0.39, 0.29) is 12.3 Å². The lowest BCUT2D eigenvalue weighted by molar-refractivity contribution is -0.120. The maximum atomic E-state index is 12.3. The van der Waals surface area contributed by atoms with Crippen molar-refractivity contribution < 1.29 is 9.53 Å². The van der Waals surface area contributed by atoms with E-state index in [9.17, 15) is 4.79 Å². The minimum Gasteiger partial charge on any atom is -0.496 e. The minimum absolute atomic E-state index is 0.0523. The fraction of sp³-hybridized carbons (Fsp3) is 0.421. The van der Waals surface area contributed by atoms with Crippen molar-refractivity contribution in [1.29, 1.82) is 0 Å². The predicted molar refractivity (Wildman–Crippen MR) is 96.8 cm³/mol. The Bertz CT molecular complexity index is 742. The Kier molecular flexibility index (Phi) is 5.48. The Morgan fingerprint density at radius 3 is 2.76 bits per heavy atom. The van der Waals surface area contributed by atoms with Gasteiger partial charge < -0.3 is 15.0 Å². The Balaban J connectivity index is 1.62. The zero-order valence-corrected chi connectivity index (χ0v) is 14.8. The summed E-state index contributed by atoms with van der Waals surface area (Å²) in [6, 6.07) is 9.48. The summed E-state index contributed by atoms with van der Waals surface area (Å²) in [7, 11) is 1.61. The first kappa shape index (κ1) is 17.2. The number of aryl methyl sites for hydroxylation is 1. The van der Waals surface area contributed by atoms with E-state index in [1.54, 1.807) is 7.11 Å². The first-order valence-corrected chi connectivity index (χ1v) is 8.64. The lowest BCUT2D eigenvalue weighted by atomic mass is 10.1. The number of nitrogens with zero attached hydrogens (tertiary/aromatic N) is 3. The number of carbonyl (C=O) groups is 1. The third-order valence-electron chi connectivity index (χ3n) is 4.29. The van der Waals surface area contributed by atoms with Crippen LogP contribution in [-0.4, -0.2) is 36.1 Å². The SMILES string of the molecule is COc1ccccc1CC(=O)NCc1cc(C)nc(N2CCCC2)n1. The Hall–Kier alpha value is -2.63. The quantitative estimate of drug-likeness (QED) is 0.874. The molecule has 6 heteroatoms. The van der Waals surface area contributed by atoms with Gasteiger partial charge in [0.15, 0.2) is 0 Å². The van der Waals surface area contributed by atoms with Gasteiger partial charge in [-0.25, -0.2) is 9.97 Å². The number of carbonyl (C=O) groups excluding carboxylic acids is 1. The molecule has 6 nitrogen and oxygen atoms in total. The molecule has 0 atom stereocenters. The maximum absolute atomic E-state index is 12.3. The molecule has 0 aliphatic carbocycles. The van der Waals surface area contributed by atoms with Crippen molar-refractivity contribution in [2.75, 3.05) is 25.1 Å². The number of ether oxygens (including phenoxy) is 1. The number of para-hydroxylation sites is 1. The summed E-state index contributed by atoms with van der Waals surface area (Å²) in [4.78, 5) is 23.6. The van der Waals surface area contributed by atoms with Crippen molar-refractivity contribution in [2.24, 2.45) is 0 Å². The number of amides is 1. The summed E-state index contributed by atoms with van der Waals surface area (Å²) >= 11 is 0. The average Bonchev–Trinajstić information content (AvgIpc) is 3.15. The van der Waals surface area contributed by atoms with E-state index in [0.717, 1.165) is 41.7 Å². The summed E-state index contributed by atoms with van der Waals surface area (Å²) < 4.78 is 5.29. The van der Waals surface area contributed by atoms with E-state index in [1.807, 2.05) is 37.3 Å². The zero-order chi connectivity index (χ0) is 17.6. The van der Waals surface area contributed by atoms with Crippen LogP contribution in [0.4, 0.5) is 5.95 Å². The van der Waals surface area contributed by atoms with Gasteiger partial charge in [-0.05, 0) is 31.9 Å². The molecule has 1 N–H and O–H groups in total. The number of methoxy groups -OCH3 is 1. The molecule has 0 saturated carbocycles. The van der Waals surface area contributed by atoms with Gasteiger partial charge in [-0.3, -0.25) is 4.79 Å². The van der Waals surface area contributed by atoms with Gasteiger partial charge in [0.1, 0.15) is 5.75 Å². The topological polar surface area (TPSA) is 67.3 Å². The molecule has 1 aliphatic rings. The molecule has 132 valence electrons. The van der Waals surface area contributed by atoms with Crippen LogP contribution in [0.1, 0.15) is 29.8 Å². The molecule has 0 bridgehead atoms. The number of hydrogen-bond donors (Lipinski definition) is 1. The van der Waals surface area contributed by atoms with Gasteiger partial charge in [0.25, 0.3) is 0 Å². The normalized spacial score (nSPS) is 13.8. The molecule has 0 spiro atoms. The molecule has 0 radical (unpaired) electrons. The van der Waals surface area contributed by atoms with Crippen molar-refractivity contribution in [3.05, 3.63) is 47.3 Å². The highest BCUT2D eigenvalue weighted by atomic mass is 16.5. The molecular weight excluding hydrogens is 316 g/mol. The molecule has 1 saturated heterocycles. The smallest absolute Gasteiger partial charge is 0.225 e. The first-order valence-electron chi connectivity index (χ1n) is 8.64. The van der Waals surface area contributed by atoms with Crippen molar-refractivity contribution in [2.45, 2.75) is 32.7 Å². The van der Waals surface area contributed by atoms with Gasteiger partial charge in [-0.1, -0.05) is 18.2 Å². The lowest BCUT2D eigenvalue weighted by Gasteiger charge is -2.16. The summed E-state index contributed by atoms with van der Waals surface area (Å²) in [5.74, 6) is 1.45. The van der Waals surface area contributed by atoms with Crippen molar-refractivity contribution in [3.63, 3.8) is 0 Å². The van der Waals surface area contributed by atoms with Crippen LogP contribution in [0.2, 0.25) is 0 Å². The minimum atomic E-state index is -0.0523. The van der Waals surface area contributed by atoms with Crippen LogP contribution in [0, 0.1) is 6.92 Å². The van der Waals surface area contributed by atoms with E-state index in [1.165, 1.54) is 12.8 Å². The van der Waals surface area contributed by atoms with Crippen LogP contribution in [0.15, 0.2) is 30.3 Å². The zero-order valence-electron chi connectivity index (χ0n) is 14.8. The summed E-state index contributed by atoms with van der Waals surface area (Å²) in [5, 5.41) is 2.94. The van der Waals surface area contributed by atoms with Gasteiger partial charge >= 0.3 is 0 Å². The van der Waals surface area contributed by atoms with Crippen molar-refractivity contribution in [3.8, 4) is 5.75 Å². The van der Waals surface area contributed by atoms with E-state index in [2.05, 4.69) is 20.2 Å². The van der Waals surface area contributed by atoms with Gasteiger partial charge in [0.2, 0.25) is 11.9 Å². The van der Waals surface area contributed by atoms with Crippen LogP contribution in [0.25, 0.3) is 0 Å². The average molecular weight is 340 g/mol. The predicted octanol–water partition coefficient (Wildman–Crippen LogP) is 2.25. The van der Waals surface area contributed by atoms with Crippen LogP contribution in [0.5, 0.6) is 5.75 Å². The molecule has 1 aliphatic heterocycles. The molecule has 1 aromatic carbocycles. The van der Waals surface area contributed by atoms with Crippen LogP contribution in [0.3, 0.4) is 0 Å². The van der Waals surface area contributed by atoms with E-state index < -0.39 is 0 Å². The van der Waals surface area contributed by atoms with Crippen LogP contribution in [-0.2, 0) is 17.8 Å². The largest absolute Gasteiger partial charge is 0.496 e. The second-order valence-electron chi connectivity index (χ2n) is 6.26. The second-order valence-corrected chi connectivity index (χ2v) is 6.26. The Labute approximate surface area is 148 Å². The molecule has 0 unspecified atom stereocenters. The Morgan fingerprint density at radius 2 is 2.00 bits per heavy atom. The second kappa shape index (κ2) is 7.96. The maximum Gasteiger partial charge on any atom is 0.225 e. The third kappa shape index (κ3) is 4.47. The number of benzene rings is 1. The van der Waals surface area contributed by atoms with Crippen LogP contribution < -0.4 is 15.0 Å².